The standard InChI is InChI=1S/C11H15NO3/c1-11(10(13)14)3-4-12(8-11)6-9-2-5-15-7-9/h2,5,7H,3-4,6,8H2,1H3,(H,13,14). The van der Waals surface area contributed by atoms with Crippen LogP contribution in [0.3, 0.4) is 0 Å². The number of hydrogen-bond donors (Lipinski definition) is 1. The molecule has 1 atom stereocenters. The van der Waals surface area contributed by atoms with Crippen LogP contribution in [-0.4, -0.2) is 29.1 Å². The monoisotopic (exact) mass is 209 g/mol. The molecule has 0 bridgehead atoms. The van der Waals surface area contributed by atoms with Gasteiger partial charge in [0.05, 0.1) is 17.9 Å². The van der Waals surface area contributed by atoms with Crippen molar-refractivity contribution in [1.82, 2.24) is 4.90 Å². The Morgan fingerprint density at radius 3 is 3.07 bits per heavy atom. The predicted octanol–water partition coefficient (Wildman–Crippen LogP) is 1.58. The first-order chi connectivity index (χ1) is 7.10. The first kappa shape index (κ1) is 10.2. The van der Waals surface area contributed by atoms with Gasteiger partial charge in [-0.1, -0.05) is 0 Å². The highest BCUT2D eigenvalue weighted by molar-refractivity contribution is 5.74. The van der Waals surface area contributed by atoms with Crippen LogP contribution in [0.2, 0.25) is 0 Å². The molecule has 1 fully saturated rings. The Kier molecular flexibility index (Phi) is 2.52. The third kappa shape index (κ3) is 2.04. The van der Waals surface area contributed by atoms with Crippen molar-refractivity contribution in [3.8, 4) is 0 Å². The first-order valence-corrected chi connectivity index (χ1v) is 5.07. The maximum atomic E-state index is 11.0. The molecule has 0 spiro atoms. The van der Waals surface area contributed by atoms with Crippen molar-refractivity contribution in [3.05, 3.63) is 24.2 Å². The van der Waals surface area contributed by atoms with Gasteiger partial charge in [0, 0.05) is 18.7 Å². The van der Waals surface area contributed by atoms with Crippen LogP contribution in [0.25, 0.3) is 0 Å². The van der Waals surface area contributed by atoms with E-state index in [1.54, 1.807) is 12.5 Å². The smallest absolute Gasteiger partial charge is 0.310 e. The maximum Gasteiger partial charge on any atom is 0.310 e. The van der Waals surface area contributed by atoms with E-state index in [9.17, 15) is 4.79 Å². The summed E-state index contributed by atoms with van der Waals surface area (Å²) >= 11 is 0. The lowest BCUT2D eigenvalue weighted by atomic mass is 9.90. The lowest BCUT2D eigenvalue weighted by Gasteiger charge is -2.19. The number of likely N-dealkylation sites (tertiary alicyclic amines) is 1. The molecule has 1 unspecified atom stereocenters. The number of carboxylic acid groups (broad SMARTS) is 1. The second-order valence-corrected chi connectivity index (χ2v) is 4.46. The molecule has 0 saturated carbocycles. The molecule has 0 aromatic carbocycles. The SMILES string of the molecule is CC1(C(=O)O)CCN(Cc2ccoc2)C1. The molecule has 15 heavy (non-hydrogen) atoms. The molecule has 4 nitrogen and oxygen atoms in total. The van der Waals surface area contributed by atoms with Crippen LogP contribution in [0.4, 0.5) is 0 Å². The van der Waals surface area contributed by atoms with Crippen molar-refractivity contribution in [3.63, 3.8) is 0 Å². The summed E-state index contributed by atoms with van der Waals surface area (Å²) in [5.41, 5.74) is 0.522. The quantitative estimate of drug-likeness (QED) is 0.821. The zero-order valence-electron chi connectivity index (χ0n) is 8.77. The summed E-state index contributed by atoms with van der Waals surface area (Å²) in [6.07, 6.45) is 4.07. The summed E-state index contributed by atoms with van der Waals surface area (Å²) in [5, 5.41) is 9.07. The van der Waals surface area contributed by atoms with Crippen LogP contribution in [0.1, 0.15) is 18.9 Å². The second kappa shape index (κ2) is 3.70. The van der Waals surface area contributed by atoms with Crippen molar-refractivity contribution in [2.45, 2.75) is 19.9 Å². The van der Waals surface area contributed by atoms with Gasteiger partial charge >= 0.3 is 5.97 Å². The molecule has 1 aliphatic rings. The third-order valence-electron chi connectivity index (χ3n) is 3.05. The number of furan rings is 1. The van der Waals surface area contributed by atoms with Crippen molar-refractivity contribution in [2.75, 3.05) is 13.1 Å². The van der Waals surface area contributed by atoms with Gasteiger partial charge < -0.3 is 9.52 Å². The number of carboxylic acids is 1. The molecule has 1 aliphatic heterocycles. The van der Waals surface area contributed by atoms with Gasteiger partial charge in [-0.25, -0.2) is 0 Å². The summed E-state index contributed by atoms with van der Waals surface area (Å²) in [5.74, 6) is -0.697. The number of hydrogen-bond acceptors (Lipinski definition) is 3. The van der Waals surface area contributed by atoms with Gasteiger partial charge in [-0.05, 0) is 26.0 Å². The zero-order chi connectivity index (χ0) is 10.9. The minimum absolute atomic E-state index is 0.580. The number of aliphatic carboxylic acids is 1. The number of nitrogens with zero attached hydrogens (tertiary/aromatic N) is 1. The Labute approximate surface area is 88.5 Å². The van der Waals surface area contributed by atoms with E-state index in [2.05, 4.69) is 4.90 Å². The number of rotatable bonds is 3. The molecule has 1 N–H and O–H groups in total. The van der Waals surface area contributed by atoms with Crippen molar-refractivity contribution in [1.29, 1.82) is 0 Å². The van der Waals surface area contributed by atoms with Crippen LogP contribution >= 0.6 is 0 Å². The van der Waals surface area contributed by atoms with Gasteiger partial charge in [0.2, 0.25) is 0 Å². The largest absolute Gasteiger partial charge is 0.481 e. The molecular formula is C11H15NO3. The van der Waals surface area contributed by atoms with E-state index < -0.39 is 11.4 Å². The van der Waals surface area contributed by atoms with E-state index in [1.807, 2.05) is 13.0 Å². The number of carbonyl (C=O) groups is 1. The summed E-state index contributed by atoms with van der Waals surface area (Å²) in [4.78, 5) is 13.2. The molecule has 1 aromatic heterocycles. The maximum absolute atomic E-state index is 11.0. The summed E-state index contributed by atoms with van der Waals surface area (Å²) in [6, 6.07) is 1.91. The molecular weight excluding hydrogens is 194 g/mol. The van der Waals surface area contributed by atoms with Crippen molar-refractivity contribution >= 4 is 5.97 Å². The first-order valence-electron chi connectivity index (χ1n) is 5.07. The average Bonchev–Trinajstić information content (AvgIpc) is 2.77. The molecule has 82 valence electrons. The van der Waals surface area contributed by atoms with Gasteiger partial charge in [-0.15, -0.1) is 0 Å². The Hall–Kier alpha value is -1.29. The van der Waals surface area contributed by atoms with Crippen LogP contribution in [-0.2, 0) is 11.3 Å². The Morgan fingerprint density at radius 2 is 2.53 bits per heavy atom. The molecule has 2 rings (SSSR count). The molecule has 2 heterocycles. The topological polar surface area (TPSA) is 53.7 Å². The predicted molar refractivity (Wildman–Crippen MR) is 54.3 cm³/mol. The van der Waals surface area contributed by atoms with Crippen molar-refractivity contribution < 1.29 is 14.3 Å². The lowest BCUT2D eigenvalue weighted by Crippen LogP contribution is -2.31. The summed E-state index contributed by atoms with van der Waals surface area (Å²) < 4.78 is 4.98. The van der Waals surface area contributed by atoms with E-state index in [0.717, 1.165) is 25.1 Å². The fourth-order valence-corrected chi connectivity index (χ4v) is 2.01. The Bertz CT molecular complexity index is 347. The molecule has 4 heteroatoms. The van der Waals surface area contributed by atoms with Gasteiger partial charge in [0.25, 0.3) is 0 Å². The zero-order valence-corrected chi connectivity index (χ0v) is 8.77. The summed E-state index contributed by atoms with van der Waals surface area (Å²) in [6.45, 7) is 4.05. The van der Waals surface area contributed by atoms with Gasteiger partial charge in [0.15, 0.2) is 0 Å². The fourth-order valence-electron chi connectivity index (χ4n) is 2.01. The van der Waals surface area contributed by atoms with Crippen molar-refractivity contribution in [2.24, 2.45) is 5.41 Å². The van der Waals surface area contributed by atoms with E-state index >= 15 is 0 Å². The van der Waals surface area contributed by atoms with Crippen LogP contribution in [0, 0.1) is 5.41 Å². The van der Waals surface area contributed by atoms with Crippen LogP contribution in [0.15, 0.2) is 23.0 Å². The summed E-state index contributed by atoms with van der Waals surface area (Å²) in [7, 11) is 0. The van der Waals surface area contributed by atoms with Gasteiger partial charge in [-0.3, -0.25) is 9.69 Å². The van der Waals surface area contributed by atoms with Crippen LogP contribution < -0.4 is 0 Å². The fraction of sp³-hybridized carbons (Fsp3) is 0.545. The minimum Gasteiger partial charge on any atom is -0.481 e. The normalized spacial score (nSPS) is 27.0. The van der Waals surface area contributed by atoms with Gasteiger partial charge in [-0.2, -0.15) is 0 Å². The second-order valence-electron chi connectivity index (χ2n) is 4.46. The highest BCUT2D eigenvalue weighted by Crippen LogP contribution is 2.30. The minimum atomic E-state index is -0.697. The van der Waals surface area contributed by atoms with E-state index in [0.29, 0.717) is 6.54 Å². The molecule has 0 radical (unpaired) electrons. The molecule has 0 aliphatic carbocycles. The highest BCUT2D eigenvalue weighted by Gasteiger charge is 2.40. The molecule has 0 amide bonds. The lowest BCUT2D eigenvalue weighted by molar-refractivity contribution is -0.147. The van der Waals surface area contributed by atoms with Crippen LogP contribution in [0.5, 0.6) is 0 Å². The molecule has 1 aromatic rings. The third-order valence-corrected chi connectivity index (χ3v) is 3.05. The average molecular weight is 209 g/mol. The highest BCUT2D eigenvalue weighted by atomic mass is 16.4. The van der Waals surface area contributed by atoms with E-state index in [-0.39, 0.29) is 0 Å². The van der Waals surface area contributed by atoms with E-state index in [1.165, 1.54) is 0 Å². The Morgan fingerprint density at radius 1 is 1.73 bits per heavy atom. The molecule has 1 saturated heterocycles. The van der Waals surface area contributed by atoms with Gasteiger partial charge in [0.1, 0.15) is 0 Å². The Balaban J connectivity index is 1.96. The van der Waals surface area contributed by atoms with E-state index in [4.69, 9.17) is 9.52 Å².